The van der Waals surface area contributed by atoms with Gasteiger partial charge in [-0.25, -0.2) is 0 Å². The monoisotopic (exact) mass is 587 g/mol. The molecule has 3 heteroatoms. The van der Waals surface area contributed by atoms with Crippen LogP contribution in [0.15, 0.2) is 121 Å². The Bertz CT molecular complexity index is 1080. The van der Waals surface area contributed by atoms with Crippen LogP contribution in [0.25, 0.3) is 0 Å². The number of hydrogen-bond acceptors (Lipinski definition) is 1. The summed E-state index contributed by atoms with van der Waals surface area (Å²) in [5, 5.41) is 9.45. The number of unbranched alkanes of at least 4 members (excludes halogenated alkanes) is 4. The van der Waals surface area contributed by atoms with Gasteiger partial charge in [-0.1, -0.05) is 121 Å². The van der Waals surface area contributed by atoms with E-state index < -0.39 is 0 Å². The molecule has 1 N–H and O–H groups in total. The van der Waals surface area contributed by atoms with Crippen LogP contribution in [0.2, 0.25) is 0 Å². The molecule has 0 radical (unpaired) electrons. The topological polar surface area (TPSA) is 30.3 Å². The van der Waals surface area contributed by atoms with Crippen molar-refractivity contribution in [2.24, 2.45) is 0 Å². The summed E-state index contributed by atoms with van der Waals surface area (Å²) in [4.78, 5) is 4.79. The summed E-state index contributed by atoms with van der Waals surface area (Å²) in [5.41, 5.74) is 5.65. The van der Waals surface area contributed by atoms with Crippen LogP contribution in [0, 0.1) is 5.41 Å². The Labute approximate surface area is 267 Å². The second-order valence-electron chi connectivity index (χ2n) is 12.1. The Morgan fingerprint density at radius 2 is 0.568 bits per heavy atom. The normalized spacial score (nSPS) is 10.9. The maximum atomic E-state index is 9.45. The van der Waals surface area contributed by atoms with Crippen LogP contribution in [0.1, 0.15) is 73.6 Å². The zero-order valence-electron chi connectivity index (χ0n) is 26.8. The second-order valence-corrected chi connectivity index (χ2v) is 12.1. The van der Waals surface area contributed by atoms with Crippen LogP contribution in [-0.2, 0) is 25.7 Å². The Balaban J connectivity index is 1.33. The van der Waals surface area contributed by atoms with Crippen molar-refractivity contribution in [3.05, 3.63) is 144 Å². The molecule has 44 heavy (non-hydrogen) atoms. The first-order chi connectivity index (χ1) is 21.8. The van der Waals surface area contributed by atoms with Crippen molar-refractivity contribution in [3.8, 4) is 0 Å². The fourth-order valence-electron chi connectivity index (χ4n) is 5.95. The average molecular weight is 588 g/mol. The third-order valence-corrected chi connectivity index (χ3v) is 8.54. The largest absolute Gasteiger partial charge is 0.343 e. The van der Waals surface area contributed by atoms with Crippen LogP contribution >= 0.6 is 0 Å². The van der Waals surface area contributed by atoms with Gasteiger partial charge in [-0.2, -0.15) is 0 Å². The smallest absolute Gasteiger partial charge is 0.193 e. The van der Waals surface area contributed by atoms with E-state index in [1.165, 1.54) is 22.3 Å². The molecule has 3 nitrogen and oxygen atoms in total. The lowest BCUT2D eigenvalue weighted by Crippen LogP contribution is -2.45. The van der Waals surface area contributed by atoms with E-state index in [1.807, 2.05) is 0 Å². The second kappa shape index (κ2) is 20.2. The molecule has 0 spiro atoms. The summed E-state index contributed by atoms with van der Waals surface area (Å²) < 4.78 is 0. The predicted molar refractivity (Wildman–Crippen MR) is 188 cm³/mol. The highest BCUT2D eigenvalue weighted by Crippen LogP contribution is 2.13. The van der Waals surface area contributed by atoms with Crippen molar-refractivity contribution >= 4 is 5.96 Å². The Kier molecular flexibility index (Phi) is 15.2. The van der Waals surface area contributed by atoms with E-state index >= 15 is 0 Å². The summed E-state index contributed by atoms with van der Waals surface area (Å²) in [6.45, 7) is 3.84. The molecule has 0 heterocycles. The zero-order chi connectivity index (χ0) is 30.5. The van der Waals surface area contributed by atoms with Crippen molar-refractivity contribution < 1.29 is 0 Å². The average Bonchev–Trinajstić information content (AvgIpc) is 3.08. The summed E-state index contributed by atoms with van der Waals surface area (Å²) in [7, 11) is 0. The van der Waals surface area contributed by atoms with Gasteiger partial charge in [0.25, 0.3) is 0 Å². The number of benzene rings is 4. The number of rotatable bonds is 20. The quantitative estimate of drug-likeness (QED) is 0.0634. The van der Waals surface area contributed by atoms with Crippen molar-refractivity contribution in [3.63, 3.8) is 0 Å². The fourth-order valence-corrected chi connectivity index (χ4v) is 5.95. The van der Waals surface area contributed by atoms with Crippen LogP contribution in [0.4, 0.5) is 0 Å². The van der Waals surface area contributed by atoms with E-state index in [0.717, 1.165) is 109 Å². The molecule has 4 aromatic rings. The van der Waals surface area contributed by atoms with Crippen LogP contribution < -0.4 is 0 Å². The molecule has 0 aliphatic heterocycles. The molecule has 0 fully saturated rings. The van der Waals surface area contributed by atoms with Gasteiger partial charge in [-0.05, 0) is 99.3 Å². The minimum atomic E-state index is 0.740. The molecule has 0 aliphatic rings. The summed E-state index contributed by atoms with van der Waals surface area (Å²) in [6.07, 6.45) is 13.5. The first kappa shape index (κ1) is 33.1. The Morgan fingerprint density at radius 1 is 0.341 bits per heavy atom. The molecule has 232 valence electrons. The molecule has 0 saturated heterocycles. The molecule has 0 bridgehead atoms. The zero-order valence-corrected chi connectivity index (χ0v) is 26.8. The van der Waals surface area contributed by atoms with Gasteiger partial charge in [0.1, 0.15) is 0 Å². The third kappa shape index (κ3) is 12.8. The highest BCUT2D eigenvalue weighted by molar-refractivity contribution is 5.76. The number of hydrogen-bond donors (Lipinski definition) is 1. The molecule has 0 amide bonds. The van der Waals surface area contributed by atoms with E-state index in [1.54, 1.807) is 0 Å². The highest BCUT2D eigenvalue weighted by Gasteiger charge is 2.17. The van der Waals surface area contributed by atoms with E-state index in [4.69, 9.17) is 0 Å². The van der Waals surface area contributed by atoms with E-state index in [0.29, 0.717) is 0 Å². The highest BCUT2D eigenvalue weighted by atomic mass is 15.4. The van der Waals surface area contributed by atoms with E-state index in [2.05, 4.69) is 131 Å². The first-order valence-electron chi connectivity index (χ1n) is 17.0. The lowest BCUT2D eigenvalue weighted by Gasteiger charge is -2.34. The maximum absolute atomic E-state index is 9.45. The first-order valence-corrected chi connectivity index (χ1v) is 17.0. The summed E-state index contributed by atoms with van der Waals surface area (Å²) >= 11 is 0. The van der Waals surface area contributed by atoms with Crippen molar-refractivity contribution in [2.45, 2.75) is 77.0 Å². The number of nitrogens with zero attached hydrogens (tertiary/aromatic N) is 2. The summed E-state index contributed by atoms with van der Waals surface area (Å²) in [6, 6.07) is 43.3. The van der Waals surface area contributed by atoms with Crippen LogP contribution in [0.3, 0.4) is 0 Å². The molecular formula is C41H53N3. The maximum Gasteiger partial charge on any atom is 0.193 e. The van der Waals surface area contributed by atoms with E-state index in [9.17, 15) is 5.41 Å². The van der Waals surface area contributed by atoms with E-state index in [-0.39, 0.29) is 0 Å². The molecule has 0 atom stereocenters. The van der Waals surface area contributed by atoms with Crippen molar-refractivity contribution in [1.82, 2.24) is 9.80 Å². The number of aryl methyl sites for hydroxylation is 4. The van der Waals surface area contributed by atoms with Crippen molar-refractivity contribution in [1.29, 1.82) is 5.41 Å². The minimum Gasteiger partial charge on any atom is -0.343 e. The minimum absolute atomic E-state index is 0.740. The lowest BCUT2D eigenvalue weighted by molar-refractivity contribution is 0.294. The Hall–Kier alpha value is -3.85. The molecule has 4 rings (SSSR count). The standard InChI is InChI=1S/C41H53N3/c42-41(43(33-17-13-29-37-21-5-1-6-22-37)34-18-14-30-38-23-7-2-8-24-38)44(35-19-15-31-39-25-9-3-10-26-39)36-20-16-32-40-27-11-4-12-28-40/h1-12,21-28,42H,13-20,29-36H2. The van der Waals surface area contributed by atoms with Gasteiger partial charge >= 0.3 is 0 Å². The number of nitrogens with one attached hydrogen (secondary N) is 1. The van der Waals surface area contributed by atoms with Gasteiger partial charge in [0.2, 0.25) is 0 Å². The van der Waals surface area contributed by atoms with Crippen LogP contribution in [0.5, 0.6) is 0 Å². The molecule has 0 aliphatic carbocycles. The molecule has 0 unspecified atom stereocenters. The van der Waals surface area contributed by atoms with Gasteiger partial charge in [-0.15, -0.1) is 0 Å². The molecule has 0 aromatic heterocycles. The third-order valence-electron chi connectivity index (χ3n) is 8.54. The van der Waals surface area contributed by atoms with Crippen molar-refractivity contribution in [2.75, 3.05) is 26.2 Å². The van der Waals surface area contributed by atoms with Crippen LogP contribution in [-0.4, -0.2) is 41.9 Å². The number of guanidine groups is 1. The molecule has 0 saturated carbocycles. The van der Waals surface area contributed by atoms with Gasteiger partial charge in [-0.3, -0.25) is 5.41 Å². The summed E-state index contributed by atoms with van der Waals surface area (Å²) in [5.74, 6) is 0.740. The lowest BCUT2D eigenvalue weighted by atomic mass is 10.1. The van der Waals surface area contributed by atoms with Gasteiger partial charge in [0, 0.05) is 26.2 Å². The molecule has 4 aromatic carbocycles. The molecular weight excluding hydrogens is 534 g/mol. The van der Waals surface area contributed by atoms with Gasteiger partial charge < -0.3 is 9.80 Å². The predicted octanol–water partition coefficient (Wildman–Crippen LogP) is 9.62. The Morgan fingerprint density at radius 3 is 0.795 bits per heavy atom. The fraction of sp³-hybridized carbons (Fsp3) is 0.390. The van der Waals surface area contributed by atoms with Gasteiger partial charge in [0.05, 0.1) is 0 Å². The van der Waals surface area contributed by atoms with Gasteiger partial charge in [0.15, 0.2) is 5.96 Å². The SMILES string of the molecule is N=C(N(CCCCc1ccccc1)CCCCc1ccccc1)N(CCCCc1ccccc1)CCCCc1ccccc1.